The van der Waals surface area contributed by atoms with E-state index in [2.05, 4.69) is 42.9 Å². The number of carbonyl (C=O) groups is 1. The van der Waals surface area contributed by atoms with E-state index in [0.717, 1.165) is 18.7 Å². The lowest BCUT2D eigenvalue weighted by atomic mass is 10.00. The lowest BCUT2D eigenvalue weighted by Gasteiger charge is -2.45. The van der Waals surface area contributed by atoms with Crippen LogP contribution in [0, 0.1) is 0 Å². The van der Waals surface area contributed by atoms with Gasteiger partial charge in [0.05, 0.1) is 12.2 Å². The summed E-state index contributed by atoms with van der Waals surface area (Å²) < 4.78 is 5.78. The molecule has 2 atom stereocenters. The van der Waals surface area contributed by atoms with E-state index < -0.39 is 0 Å². The molecule has 1 aliphatic rings. The number of nitrogens with one attached hydrogen (secondary N) is 1. The fourth-order valence-corrected chi connectivity index (χ4v) is 2.79. The summed E-state index contributed by atoms with van der Waals surface area (Å²) in [6, 6.07) is 3.73. The second-order valence-corrected chi connectivity index (χ2v) is 6.81. The molecule has 1 saturated heterocycles. The summed E-state index contributed by atoms with van der Waals surface area (Å²) in [6.07, 6.45) is 7.22. The lowest BCUT2D eigenvalue weighted by Crippen LogP contribution is -2.58. The molecule has 1 amide bonds. The molecule has 0 aromatic carbocycles. The molecule has 2 rings (SSSR count). The van der Waals surface area contributed by atoms with E-state index in [1.54, 1.807) is 24.5 Å². The molecule has 1 N–H and O–H groups in total. The Hall–Kier alpha value is -1.72. The summed E-state index contributed by atoms with van der Waals surface area (Å²) in [5.74, 6) is -0.0794. The number of pyridine rings is 1. The van der Waals surface area contributed by atoms with Gasteiger partial charge in [0.2, 0.25) is 5.91 Å². The molecule has 5 nitrogen and oxygen atoms in total. The summed E-state index contributed by atoms with van der Waals surface area (Å²) in [5, 5.41) is 3.00. The van der Waals surface area contributed by atoms with Crippen LogP contribution in [0.2, 0.25) is 0 Å². The first-order chi connectivity index (χ1) is 10.9. The predicted octanol–water partition coefficient (Wildman–Crippen LogP) is 2.10. The molecule has 1 aliphatic heterocycles. The maximum atomic E-state index is 12.0. The number of hydrogen-bond donors (Lipinski definition) is 1. The Labute approximate surface area is 138 Å². The zero-order chi connectivity index (χ0) is 16.9. The Kier molecular flexibility index (Phi) is 5.91. The number of carbonyl (C=O) groups excluding carboxylic acids is 1. The molecule has 0 spiro atoms. The van der Waals surface area contributed by atoms with Crippen LogP contribution in [0.4, 0.5) is 0 Å². The molecular formula is C18H27N3O2. The fourth-order valence-electron chi connectivity index (χ4n) is 2.79. The van der Waals surface area contributed by atoms with Crippen molar-refractivity contribution in [3.63, 3.8) is 0 Å². The third-order valence-corrected chi connectivity index (χ3v) is 4.10. The molecular weight excluding hydrogens is 290 g/mol. The summed E-state index contributed by atoms with van der Waals surface area (Å²) in [4.78, 5) is 18.4. The number of morpholine rings is 1. The van der Waals surface area contributed by atoms with E-state index in [-0.39, 0.29) is 23.7 Å². The topological polar surface area (TPSA) is 54.5 Å². The van der Waals surface area contributed by atoms with E-state index in [0.29, 0.717) is 6.54 Å². The normalized spacial score (nSPS) is 23.1. The second-order valence-electron chi connectivity index (χ2n) is 6.81. The van der Waals surface area contributed by atoms with Crippen molar-refractivity contribution in [3.05, 3.63) is 36.2 Å². The quantitative estimate of drug-likeness (QED) is 0.845. The average Bonchev–Trinajstić information content (AvgIpc) is 2.51. The largest absolute Gasteiger partial charge is 0.373 e. The highest BCUT2D eigenvalue weighted by Crippen LogP contribution is 2.20. The van der Waals surface area contributed by atoms with Gasteiger partial charge in [0.25, 0.3) is 0 Å². The number of hydrogen-bond acceptors (Lipinski definition) is 4. The molecule has 2 unspecified atom stereocenters. The van der Waals surface area contributed by atoms with Gasteiger partial charge in [-0.1, -0.05) is 0 Å². The van der Waals surface area contributed by atoms with Crippen LogP contribution in [0.3, 0.4) is 0 Å². The molecule has 0 saturated carbocycles. The highest BCUT2D eigenvalue weighted by Gasteiger charge is 2.33. The predicted molar refractivity (Wildman–Crippen MR) is 91.9 cm³/mol. The highest BCUT2D eigenvalue weighted by atomic mass is 16.5. The van der Waals surface area contributed by atoms with Crippen molar-refractivity contribution in [3.8, 4) is 0 Å². The second kappa shape index (κ2) is 7.70. The third-order valence-electron chi connectivity index (χ3n) is 4.10. The van der Waals surface area contributed by atoms with Crippen LogP contribution in [-0.2, 0) is 9.53 Å². The minimum Gasteiger partial charge on any atom is -0.373 e. The monoisotopic (exact) mass is 317 g/mol. The van der Waals surface area contributed by atoms with Gasteiger partial charge >= 0.3 is 0 Å². The summed E-state index contributed by atoms with van der Waals surface area (Å²) in [7, 11) is 0. The number of ether oxygens (including phenoxy) is 1. The van der Waals surface area contributed by atoms with Gasteiger partial charge in [-0.25, -0.2) is 0 Å². The molecule has 5 heteroatoms. The van der Waals surface area contributed by atoms with Crippen LogP contribution >= 0.6 is 0 Å². The molecule has 2 heterocycles. The zero-order valence-electron chi connectivity index (χ0n) is 14.5. The van der Waals surface area contributed by atoms with E-state index in [1.165, 1.54) is 0 Å². The summed E-state index contributed by atoms with van der Waals surface area (Å²) >= 11 is 0. The minimum absolute atomic E-state index is 0.0794. The van der Waals surface area contributed by atoms with Crippen LogP contribution < -0.4 is 5.32 Å². The number of rotatable bonds is 5. The van der Waals surface area contributed by atoms with Crippen LogP contribution in [0.1, 0.15) is 33.3 Å². The van der Waals surface area contributed by atoms with Gasteiger partial charge in [-0.15, -0.1) is 0 Å². The zero-order valence-corrected chi connectivity index (χ0v) is 14.5. The Bertz CT molecular complexity index is 532. The van der Waals surface area contributed by atoms with Gasteiger partial charge in [-0.05, 0) is 51.5 Å². The minimum atomic E-state index is -0.105. The van der Waals surface area contributed by atoms with Crippen LogP contribution in [0.15, 0.2) is 30.6 Å². The van der Waals surface area contributed by atoms with Crippen molar-refractivity contribution in [1.29, 1.82) is 0 Å². The van der Waals surface area contributed by atoms with Gasteiger partial charge in [0.15, 0.2) is 0 Å². The first-order valence-corrected chi connectivity index (χ1v) is 8.13. The SMILES string of the molecule is CC1CN(C(C)(C)CNC(=O)C=Cc2ccncc2)CC(C)O1. The Morgan fingerprint density at radius 2 is 1.96 bits per heavy atom. The smallest absolute Gasteiger partial charge is 0.244 e. The van der Waals surface area contributed by atoms with Gasteiger partial charge in [-0.2, -0.15) is 0 Å². The molecule has 1 aromatic rings. The molecule has 23 heavy (non-hydrogen) atoms. The van der Waals surface area contributed by atoms with Crippen LogP contribution in [0.5, 0.6) is 0 Å². The van der Waals surface area contributed by atoms with Gasteiger partial charge in [-0.3, -0.25) is 14.7 Å². The Balaban J connectivity index is 1.86. The Morgan fingerprint density at radius 3 is 2.57 bits per heavy atom. The van der Waals surface area contributed by atoms with E-state index in [1.807, 2.05) is 12.1 Å². The number of amides is 1. The van der Waals surface area contributed by atoms with Gasteiger partial charge in [0, 0.05) is 43.6 Å². The first kappa shape index (κ1) is 17.6. The third kappa shape index (κ3) is 5.44. The van der Waals surface area contributed by atoms with Crippen molar-refractivity contribution in [2.24, 2.45) is 0 Å². The van der Waals surface area contributed by atoms with E-state index in [9.17, 15) is 4.79 Å². The summed E-state index contributed by atoms with van der Waals surface area (Å²) in [6.45, 7) is 10.9. The lowest BCUT2D eigenvalue weighted by molar-refractivity contribution is -0.118. The van der Waals surface area contributed by atoms with E-state index >= 15 is 0 Å². The molecule has 126 valence electrons. The van der Waals surface area contributed by atoms with Crippen molar-refractivity contribution in [2.45, 2.75) is 45.4 Å². The van der Waals surface area contributed by atoms with Crippen LogP contribution in [0.25, 0.3) is 6.08 Å². The standard InChI is InChI=1S/C18H27N3O2/c1-14-11-21(12-15(2)23-14)18(3,4)13-20-17(22)6-5-16-7-9-19-10-8-16/h5-10,14-15H,11-13H2,1-4H3,(H,20,22). The average molecular weight is 317 g/mol. The number of nitrogens with zero attached hydrogens (tertiary/aromatic N) is 2. The fraction of sp³-hybridized carbons (Fsp3) is 0.556. The van der Waals surface area contributed by atoms with Crippen LogP contribution in [-0.4, -0.2) is 53.2 Å². The molecule has 0 aliphatic carbocycles. The maximum absolute atomic E-state index is 12.0. The first-order valence-electron chi connectivity index (χ1n) is 8.13. The van der Waals surface area contributed by atoms with Crippen molar-refractivity contribution < 1.29 is 9.53 Å². The summed E-state index contributed by atoms with van der Waals surface area (Å²) in [5.41, 5.74) is 0.858. The molecule has 0 bridgehead atoms. The van der Waals surface area contributed by atoms with Gasteiger partial charge < -0.3 is 10.1 Å². The van der Waals surface area contributed by atoms with Crippen molar-refractivity contribution in [1.82, 2.24) is 15.2 Å². The molecule has 1 aromatic heterocycles. The molecule has 1 fully saturated rings. The maximum Gasteiger partial charge on any atom is 0.244 e. The van der Waals surface area contributed by atoms with Crippen molar-refractivity contribution in [2.75, 3.05) is 19.6 Å². The van der Waals surface area contributed by atoms with Crippen molar-refractivity contribution >= 4 is 12.0 Å². The number of aromatic nitrogens is 1. The highest BCUT2D eigenvalue weighted by molar-refractivity contribution is 5.91. The Morgan fingerprint density at radius 1 is 1.35 bits per heavy atom. The van der Waals surface area contributed by atoms with Gasteiger partial charge in [0.1, 0.15) is 0 Å². The molecule has 0 radical (unpaired) electrons. The van der Waals surface area contributed by atoms with E-state index in [4.69, 9.17) is 4.74 Å².